The minimum Gasteiger partial charge on any atom is -0.387 e. The van der Waals surface area contributed by atoms with Gasteiger partial charge in [-0.1, -0.05) is 36.4 Å². The van der Waals surface area contributed by atoms with Gasteiger partial charge in [-0.15, -0.1) is 0 Å². The first-order chi connectivity index (χ1) is 11.5. The average molecular weight is 322 g/mol. The fourth-order valence-corrected chi connectivity index (χ4v) is 2.64. The molecular formula is C19H18N2O3. The van der Waals surface area contributed by atoms with Crippen LogP contribution in [0.1, 0.15) is 27.6 Å². The summed E-state index contributed by atoms with van der Waals surface area (Å²) in [5, 5.41) is 15.1. The van der Waals surface area contributed by atoms with Crippen molar-refractivity contribution in [3.8, 4) is 0 Å². The molecule has 0 saturated heterocycles. The lowest BCUT2D eigenvalue weighted by Crippen LogP contribution is -2.29. The van der Waals surface area contributed by atoms with Crippen LogP contribution in [-0.2, 0) is 0 Å². The SMILES string of the molecule is Cc1cc(=O)[nH]cc1C(=O)NCC(O)c1ccc2ccccc2c1. The van der Waals surface area contributed by atoms with E-state index in [2.05, 4.69) is 10.3 Å². The van der Waals surface area contributed by atoms with Crippen LogP contribution in [0.25, 0.3) is 10.8 Å². The summed E-state index contributed by atoms with van der Waals surface area (Å²) in [4.78, 5) is 25.9. The van der Waals surface area contributed by atoms with E-state index in [0.717, 1.165) is 16.3 Å². The first-order valence-electron chi connectivity index (χ1n) is 7.69. The molecule has 1 heterocycles. The van der Waals surface area contributed by atoms with E-state index >= 15 is 0 Å². The fraction of sp³-hybridized carbons (Fsp3) is 0.158. The number of aliphatic hydroxyl groups is 1. The molecule has 3 N–H and O–H groups in total. The van der Waals surface area contributed by atoms with Crippen LogP contribution < -0.4 is 10.9 Å². The first kappa shape index (κ1) is 16.0. The summed E-state index contributed by atoms with van der Waals surface area (Å²) in [6, 6.07) is 15.0. The van der Waals surface area contributed by atoms with Crippen LogP contribution >= 0.6 is 0 Å². The number of hydrogen-bond donors (Lipinski definition) is 3. The van der Waals surface area contributed by atoms with Crippen molar-refractivity contribution in [2.45, 2.75) is 13.0 Å². The first-order valence-corrected chi connectivity index (χ1v) is 7.69. The van der Waals surface area contributed by atoms with Gasteiger partial charge in [0, 0.05) is 18.8 Å². The molecule has 1 amide bonds. The summed E-state index contributed by atoms with van der Waals surface area (Å²) >= 11 is 0. The summed E-state index contributed by atoms with van der Waals surface area (Å²) in [5.74, 6) is -0.330. The third-order valence-corrected chi connectivity index (χ3v) is 3.99. The number of aromatic nitrogens is 1. The summed E-state index contributed by atoms with van der Waals surface area (Å²) in [7, 11) is 0. The number of fused-ring (bicyclic) bond motifs is 1. The van der Waals surface area contributed by atoms with E-state index in [-0.39, 0.29) is 18.0 Å². The largest absolute Gasteiger partial charge is 0.387 e. The maximum absolute atomic E-state index is 12.2. The van der Waals surface area contributed by atoms with Gasteiger partial charge >= 0.3 is 0 Å². The van der Waals surface area contributed by atoms with E-state index in [4.69, 9.17) is 0 Å². The van der Waals surface area contributed by atoms with Crippen molar-refractivity contribution in [2.75, 3.05) is 6.54 Å². The molecule has 0 saturated carbocycles. The number of hydrogen-bond acceptors (Lipinski definition) is 3. The Morgan fingerprint density at radius 1 is 1.17 bits per heavy atom. The van der Waals surface area contributed by atoms with Gasteiger partial charge in [0.2, 0.25) is 5.56 Å². The Morgan fingerprint density at radius 3 is 2.67 bits per heavy atom. The van der Waals surface area contributed by atoms with Gasteiger partial charge in [-0.05, 0) is 34.9 Å². The van der Waals surface area contributed by atoms with Crippen LogP contribution in [0.3, 0.4) is 0 Å². The highest BCUT2D eigenvalue weighted by Crippen LogP contribution is 2.20. The van der Waals surface area contributed by atoms with Crippen molar-refractivity contribution < 1.29 is 9.90 Å². The standard InChI is InChI=1S/C19H18N2O3/c1-12-8-18(23)20-10-16(12)19(24)21-11-17(22)15-7-6-13-4-2-3-5-14(13)9-15/h2-10,17,22H,11H2,1H3,(H,20,23)(H,21,24). The molecule has 3 rings (SSSR count). The highest BCUT2D eigenvalue weighted by atomic mass is 16.3. The Balaban J connectivity index is 1.70. The molecule has 1 aromatic heterocycles. The van der Waals surface area contributed by atoms with Gasteiger partial charge in [-0.3, -0.25) is 9.59 Å². The topological polar surface area (TPSA) is 82.2 Å². The second kappa shape index (κ2) is 6.68. The Labute approximate surface area is 139 Å². The van der Waals surface area contributed by atoms with Gasteiger partial charge in [0.1, 0.15) is 0 Å². The molecule has 122 valence electrons. The molecule has 1 unspecified atom stereocenters. The van der Waals surface area contributed by atoms with Gasteiger partial charge in [0.05, 0.1) is 11.7 Å². The summed E-state index contributed by atoms with van der Waals surface area (Å²) in [5.41, 5.74) is 1.48. The molecule has 1 atom stereocenters. The number of benzene rings is 2. The second-order valence-corrected chi connectivity index (χ2v) is 5.73. The van der Waals surface area contributed by atoms with Gasteiger partial charge in [-0.25, -0.2) is 0 Å². The average Bonchev–Trinajstić information content (AvgIpc) is 2.59. The van der Waals surface area contributed by atoms with Crippen molar-refractivity contribution >= 4 is 16.7 Å². The molecule has 2 aromatic carbocycles. The van der Waals surface area contributed by atoms with Crippen molar-refractivity contribution in [3.63, 3.8) is 0 Å². The second-order valence-electron chi connectivity index (χ2n) is 5.73. The lowest BCUT2D eigenvalue weighted by molar-refractivity contribution is 0.0915. The van der Waals surface area contributed by atoms with E-state index in [1.807, 2.05) is 42.5 Å². The summed E-state index contributed by atoms with van der Waals surface area (Å²) in [6.45, 7) is 1.79. The van der Waals surface area contributed by atoms with Crippen LogP contribution in [0.15, 0.2) is 59.5 Å². The van der Waals surface area contributed by atoms with Gasteiger partial charge in [-0.2, -0.15) is 0 Å². The molecule has 0 aliphatic rings. The predicted molar refractivity (Wildman–Crippen MR) is 93.0 cm³/mol. The highest BCUT2D eigenvalue weighted by molar-refractivity contribution is 5.95. The van der Waals surface area contributed by atoms with Crippen molar-refractivity contribution in [2.24, 2.45) is 0 Å². The predicted octanol–water partition coefficient (Wildman–Crippen LogP) is 2.30. The van der Waals surface area contributed by atoms with Gasteiger partial charge in [0.15, 0.2) is 0 Å². The Morgan fingerprint density at radius 2 is 1.92 bits per heavy atom. The Bertz CT molecular complexity index is 946. The Hall–Kier alpha value is -2.92. The monoisotopic (exact) mass is 322 g/mol. The zero-order valence-electron chi connectivity index (χ0n) is 13.2. The minimum absolute atomic E-state index is 0.0930. The molecule has 0 fully saturated rings. The van der Waals surface area contributed by atoms with E-state index in [1.54, 1.807) is 6.92 Å². The molecule has 0 radical (unpaired) electrons. The van der Waals surface area contributed by atoms with Gasteiger partial charge < -0.3 is 15.4 Å². The minimum atomic E-state index is -0.804. The van der Waals surface area contributed by atoms with E-state index in [1.165, 1.54) is 12.3 Å². The molecule has 0 aliphatic carbocycles. The lowest BCUT2D eigenvalue weighted by Gasteiger charge is -2.14. The smallest absolute Gasteiger partial charge is 0.253 e. The zero-order chi connectivity index (χ0) is 17.1. The number of aromatic amines is 1. The molecule has 0 aliphatic heterocycles. The number of amides is 1. The number of rotatable bonds is 4. The third-order valence-electron chi connectivity index (χ3n) is 3.99. The Kier molecular flexibility index (Phi) is 4.44. The third kappa shape index (κ3) is 3.36. The summed E-state index contributed by atoms with van der Waals surface area (Å²) in [6.07, 6.45) is 0.580. The summed E-state index contributed by atoms with van der Waals surface area (Å²) < 4.78 is 0. The lowest BCUT2D eigenvalue weighted by atomic mass is 10.0. The molecule has 24 heavy (non-hydrogen) atoms. The maximum atomic E-state index is 12.2. The van der Waals surface area contributed by atoms with Gasteiger partial charge in [0.25, 0.3) is 5.91 Å². The highest BCUT2D eigenvalue weighted by Gasteiger charge is 2.13. The quantitative estimate of drug-likeness (QED) is 0.689. The number of nitrogens with one attached hydrogen (secondary N) is 2. The van der Waals surface area contributed by atoms with E-state index in [9.17, 15) is 14.7 Å². The number of carbonyl (C=O) groups excluding carboxylic acids is 1. The normalized spacial score (nSPS) is 12.1. The van der Waals surface area contributed by atoms with Crippen LogP contribution in [0, 0.1) is 6.92 Å². The number of aryl methyl sites for hydroxylation is 1. The molecule has 3 aromatic rings. The van der Waals surface area contributed by atoms with E-state index in [0.29, 0.717) is 11.1 Å². The van der Waals surface area contributed by atoms with E-state index < -0.39 is 6.10 Å². The number of pyridine rings is 1. The van der Waals surface area contributed by atoms with Crippen molar-refractivity contribution in [3.05, 3.63) is 81.8 Å². The fourth-order valence-electron chi connectivity index (χ4n) is 2.64. The molecule has 5 nitrogen and oxygen atoms in total. The van der Waals surface area contributed by atoms with Crippen molar-refractivity contribution in [1.82, 2.24) is 10.3 Å². The van der Waals surface area contributed by atoms with Crippen LogP contribution in [0.2, 0.25) is 0 Å². The molecule has 5 heteroatoms. The number of carbonyl (C=O) groups is 1. The van der Waals surface area contributed by atoms with Crippen LogP contribution in [0.5, 0.6) is 0 Å². The van der Waals surface area contributed by atoms with Crippen LogP contribution in [-0.4, -0.2) is 22.5 Å². The van der Waals surface area contributed by atoms with Crippen LogP contribution in [0.4, 0.5) is 0 Å². The number of aliphatic hydroxyl groups excluding tert-OH is 1. The molecule has 0 spiro atoms. The van der Waals surface area contributed by atoms with Crippen molar-refractivity contribution in [1.29, 1.82) is 0 Å². The molecule has 0 bridgehead atoms. The number of H-pyrrole nitrogens is 1. The maximum Gasteiger partial charge on any atom is 0.253 e. The zero-order valence-corrected chi connectivity index (χ0v) is 13.2. The molecular weight excluding hydrogens is 304 g/mol.